The second-order valence-electron chi connectivity index (χ2n) is 2.68. The van der Waals surface area contributed by atoms with Crippen LogP contribution in [0, 0.1) is 0 Å². The van der Waals surface area contributed by atoms with Gasteiger partial charge in [-0.25, -0.2) is 0 Å². The summed E-state index contributed by atoms with van der Waals surface area (Å²) in [6.45, 7) is 0.572. The standard InChI is InChI=1S/C9H9BrN2/c10-7-2-1-3-8-9(7)6(4-11)5-12-8/h1-3,5,12H,4,11H2. The Bertz CT molecular complexity index is 406. The van der Waals surface area contributed by atoms with Crippen molar-refractivity contribution in [3.63, 3.8) is 0 Å². The zero-order chi connectivity index (χ0) is 8.55. The fourth-order valence-corrected chi connectivity index (χ4v) is 1.99. The molecule has 2 aromatic rings. The Hall–Kier alpha value is -0.800. The van der Waals surface area contributed by atoms with Gasteiger partial charge in [0.2, 0.25) is 0 Å². The molecule has 0 saturated carbocycles. The van der Waals surface area contributed by atoms with Gasteiger partial charge in [-0.05, 0) is 17.7 Å². The van der Waals surface area contributed by atoms with Crippen molar-refractivity contribution in [3.8, 4) is 0 Å². The summed E-state index contributed by atoms with van der Waals surface area (Å²) in [4.78, 5) is 3.17. The maximum Gasteiger partial charge on any atom is 0.0468 e. The van der Waals surface area contributed by atoms with Crippen molar-refractivity contribution in [1.82, 2.24) is 4.98 Å². The molecule has 0 amide bonds. The van der Waals surface area contributed by atoms with Gasteiger partial charge in [0.1, 0.15) is 0 Å². The van der Waals surface area contributed by atoms with E-state index in [0.29, 0.717) is 6.54 Å². The number of hydrogen-bond donors (Lipinski definition) is 2. The van der Waals surface area contributed by atoms with Crippen LogP contribution in [0.15, 0.2) is 28.9 Å². The molecule has 0 fully saturated rings. The van der Waals surface area contributed by atoms with Crippen molar-refractivity contribution < 1.29 is 0 Å². The van der Waals surface area contributed by atoms with Gasteiger partial charge in [-0.3, -0.25) is 0 Å². The van der Waals surface area contributed by atoms with Gasteiger partial charge in [0, 0.05) is 28.1 Å². The molecule has 0 saturated heterocycles. The highest BCUT2D eigenvalue weighted by molar-refractivity contribution is 9.10. The SMILES string of the molecule is NCc1c[nH]c2cccc(Br)c12. The Morgan fingerprint density at radius 3 is 3.00 bits per heavy atom. The Kier molecular flexibility index (Phi) is 1.90. The molecule has 0 aliphatic carbocycles. The van der Waals surface area contributed by atoms with Crippen LogP contribution in [-0.4, -0.2) is 4.98 Å². The van der Waals surface area contributed by atoms with E-state index in [1.807, 2.05) is 24.4 Å². The molecule has 0 spiro atoms. The second kappa shape index (κ2) is 2.92. The van der Waals surface area contributed by atoms with Crippen LogP contribution < -0.4 is 5.73 Å². The number of nitrogens with two attached hydrogens (primary N) is 1. The molecule has 62 valence electrons. The molecule has 0 unspecified atom stereocenters. The third-order valence-electron chi connectivity index (χ3n) is 1.96. The largest absolute Gasteiger partial charge is 0.361 e. The number of fused-ring (bicyclic) bond motifs is 1. The average molecular weight is 225 g/mol. The van der Waals surface area contributed by atoms with Gasteiger partial charge in [0.15, 0.2) is 0 Å². The lowest BCUT2D eigenvalue weighted by Gasteiger charge is -1.96. The van der Waals surface area contributed by atoms with Gasteiger partial charge in [-0.2, -0.15) is 0 Å². The number of nitrogens with one attached hydrogen (secondary N) is 1. The normalized spacial score (nSPS) is 10.8. The van der Waals surface area contributed by atoms with Gasteiger partial charge >= 0.3 is 0 Å². The molecule has 1 aromatic carbocycles. The van der Waals surface area contributed by atoms with Crippen molar-refractivity contribution in [2.24, 2.45) is 5.73 Å². The fourth-order valence-electron chi connectivity index (χ4n) is 1.37. The van der Waals surface area contributed by atoms with E-state index in [1.165, 1.54) is 5.39 Å². The molecule has 1 heterocycles. The smallest absolute Gasteiger partial charge is 0.0468 e. The van der Waals surface area contributed by atoms with Crippen LogP contribution in [0.5, 0.6) is 0 Å². The topological polar surface area (TPSA) is 41.8 Å². The molecule has 0 bridgehead atoms. The predicted molar refractivity (Wildman–Crippen MR) is 53.9 cm³/mol. The number of hydrogen-bond acceptors (Lipinski definition) is 1. The summed E-state index contributed by atoms with van der Waals surface area (Å²) in [5.74, 6) is 0. The monoisotopic (exact) mass is 224 g/mol. The van der Waals surface area contributed by atoms with E-state index in [2.05, 4.69) is 20.9 Å². The summed E-state index contributed by atoms with van der Waals surface area (Å²) < 4.78 is 1.10. The third-order valence-corrected chi connectivity index (χ3v) is 2.62. The van der Waals surface area contributed by atoms with Crippen molar-refractivity contribution >= 4 is 26.8 Å². The Morgan fingerprint density at radius 2 is 2.25 bits per heavy atom. The van der Waals surface area contributed by atoms with Crippen molar-refractivity contribution in [1.29, 1.82) is 0 Å². The van der Waals surface area contributed by atoms with E-state index >= 15 is 0 Å². The van der Waals surface area contributed by atoms with E-state index in [-0.39, 0.29) is 0 Å². The summed E-state index contributed by atoms with van der Waals surface area (Å²) in [5, 5.41) is 1.19. The van der Waals surface area contributed by atoms with Crippen molar-refractivity contribution in [3.05, 3.63) is 34.4 Å². The highest BCUT2D eigenvalue weighted by Crippen LogP contribution is 2.26. The zero-order valence-electron chi connectivity index (χ0n) is 6.47. The molecule has 12 heavy (non-hydrogen) atoms. The van der Waals surface area contributed by atoms with E-state index in [9.17, 15) is 0 Å². The zero-order valence-corrected chi connectivity index (χ0v) is 8.06. The minimum absolute atomic E-state index is 0.572. The first-order valence-electron chi connectivity index (χ1n) is 3.77. The fraction of sp³-hybridized carbons (Fsp3) is 0.111. The van der Waals surface area contributed by atoms with Gasteiger partial charge in [-0.1, -0.05) is 22.0 Å². The molecular weight excluding hydrogens is 216 g/mol. The lowest BCUT2D eigenvalue weighted by Crippen LogP contribution is -1.94. The van der Waals surface area contributed by atoms with Crippen LogP contribution in [0.2, 0.25) is 0 Å². The van der Waals surface area contributed by atoms with Gasteiger partial charge < -0.3 is 10.7 Å². The Labute approximate surface area is 78.9 Å². The number of benzene rings is 1. The third kappa shape index (κ3) is 1.06. The van der Waals surface area contributed by atoms with Crippen LogP contribution in [0.4, 0.5) is 0 Å². The highest BCUT2D eigenvalue weighted by atomic mass is 79.9. The van der Waals surface area contributed by atoms with Crippen LogP contribution in [0.1, 0.15) is 5.56 Å². The Balaban J connectivity index is 2.83. The molecule has 3 heteroatoms. The Morgan fingerprint density at radius 1 is 1.42 bits per heavy atom. The molecule has 2 rings (SSSR count). The first-order chi connectivity index (χ1) is 5.83. The van der Waals surface area contributed by atoms with Gasteiger partial charge in [0.25, 0.3) is 0 Å². The van der Waals surface area contributed by atoms with Crippen LogP contribution in [0.3, 0.4) is 0 Å². The number of aromatic nitrogens is 1. The van der Waals surface area contributed by atoms with Gasteiger partial charge in [-0.15, -0.1) is 0 Å². The first-order valence-corrected chi connectivity index (χ1v) is 4.57. The number of aromatic amines is 1. The first kappa shape index (κ1) is 7.83. The second-order valence-corrected chi connectivity index (χ2v) is 3.53. The summed E-state index contributed by atoms with van der Waals surface area (Å²) in [6.07, 6.45) is 1.95. The lowest BCUT2D eigenvalue weighted by atomic mass is 10.2. The molecule has 2 nitrogen and oxygen atoms in total. The number of halogens is 1. The van der Waals surface area contributed by atoms with Crippen molar-refractivity contribution in [2.75, 3.05) is 0 Å². The van der Waals surface area contributed by atoms with Crippen LogP contribution in [0.25, 0.3) is 10.9 Å². The molecule has 0 aliphatic rings. The average Bonchev–Trinajstić information content (AvgIpc) is 2.49. The van der Waals surface area contributed by atoms with E-state index in [0.717, 1.165) is 15.6 Å². The minimum atomic E-state index is 0.572. The molecule has 0 atom stereocenters. The molecule has 3 N–H and O–H groups in total. The van der Waals surface area contributed by atoms with Crippen LogP contribution >= 0.6 is 15.9 Å². The number of rotatable bonds is 1. The van der Waals surface area contributed by atoms with Crippen LogP contribution in [-0.2, 0) is 6.54 Å². The van der Waals surface area contributed by atoms with E-state index < -0.39 is 0 Å². The maximum atomic E-state index is 5.59. The summed E-state index contributed by atoms with van der Waals surface area (Å²) in [7, 11) is 0. The summed E-state index contributed by atoms with van der Waals surface area (Å²) in [6, 6.07) is 6.07. The quantitative estimate of drug-likeness (QED) is 0.768. The van der Waals surface area contributed by atoms with E-state index in [1.54, 1.807) is 0 Å². The lowest BCUT2D eigenvalue weighted by molar-refractivity contribution is 1.08. The molecule has 1 aromatic heterocycles. The minimum Gasteiger partial charge on any atom is -0.361 e. The highest BCUT2D eigenvalue weighted by Gasteiger charge is 2.03. The maximum absolute atomic E-state index is 5.59. The van der Waals surface area contributed by atoms with E-state index in [4.69, 9.17) is 5.73 Å². The van der Waals surface area contributed by atoms with Gasteiger partial charge in [0.05, 0.1) is 0 Å². The molecule has 0 aliphatic heterocycles. The predicted octanol–water partition coefficient (Wildman–Crippen LogP) is 2.39. The summed E-state index contributed by atoms with van der Waals surface area (Å²) >= 11 is 3.49. The van der Waals surface area contributed by atoms with Crippen molar-refractivity contribution in [2.45, 2.75) is 6.54 Å². The molecular formula is C9H9BrN2. The number of H-pyrrole nitrogens is 1. The summed E-state index contributed by atoms with van der Waals surface area (Å²) in [5.41, 5.74) is 7.87. The molecule has 0 radical (unpaired) electrons.